The molecule has 0 aromatic carbocycles. The van der Waals surface area contributed by atoms with Crippen LogP contribution in [0.2, 0.25) is 0 Å². The second-order valence-corrected chi connectivity index (χ2v) is 8.54. The van der Waals surface area contributed by atoms with Gasteiger partial charge >= 0.3 is 5.69 Å². The average molecular weight is 419 g/mol. The predicted molar refractivity (Wildman–Crippen MR) is 116 cm³/mol. The van der Waals surface area contributed by atoms with Crippen molar-refractivity contribution in [2.75, 3.05) is 39.4 Å². The maximum absolute atomic E-state index is 13.0. The lowest BCUT2D eigenvalue weighted by atomic mass is 10.0. The zero-order valence-corrected chi connectivity index (χ0v) is 18.5. The molecule has 166 valence electrons. The minimum atomic E-state index is -0.332. The summed E-state index contributed by atoms with van der Waals surface area (Å²) in [6.45, 7) is 8.85. The lowest BCUT2D eigenvalue weighted by Crippen LogP contribution is -2.41. The molecule has 2 aliphatic rings. The van der Waals surface area contributed by atoms with Crippen molar-refractivity contribution in [3.05, 3.63) is 26.7 Å². The van der Waals surface area contributed by atoms with Crippen molar-refractivity contribution in [3.63, 3.8) is 0 Å². The van der Waals surface area contributed by atoms with Gasteiger partial charge in [0.15, 0.2) is 11.2 Å². The largest absolute Gasteiger partial charge is 0.379 e. The molecule has 0 N–H and O–H groups in total. The summed E-state index contributed by atoms with van der Waals surface area (Å²) in [6, 6.07) is 0.554. The van der Waals surface area contributed by atoms with Gasteiger partial charge in [0, 0.05) is 46.3 Å². The Morgan fingerprint density at radius 1 is 1.03 bits per heavy atom. The first-order valence-electron chi connectivity index (χ1n) is 11.2. The van der Waals surface area contributed by atoms with Crippen LogP contribution in [0, 0.1) is 0 Å². The van der Waals surface area contributed by atoms with E-state index in [-0.39, 0.29) is 11.2 Å². The summed E-state index contributed by atoms with van der Waals surface area (Å²) < 4.78 is 10.2. The first kappa shape index (κ1) is 21.3. The molecular weight excluding hydrogens is 384 g/mol. The lowest BCUT2D eigenvalue weighted by Gasteiger charge is -2.35. The van der Waals surface area contributed by atoms with Crippen LogP contribution in [0.15, 0.2) is 9.59 Å². The standard InChI is InChI=1S/C21H34N6O3/c1-4-16-7-5-6-8-26(16)15-17-22-19-18(20(28)24(3)21(29)23(19)2)27(17)10-9-25-11-13-30-14-12-25/h16H,4-15H2,1-3H3/t16-/m1/s1. The van der Waals surface area contributed by atoms with E-state index in [2.05, 4.69) is 21.3 Å². The normalized spacial score (nSPS) is 21.5. The Bertz CT molecular complexity index is 1000. The first-order chi connectivity index (χ1) is 14.5. The third kappa shape index (κ3) is 3.98. The Morgan fingerprint density at radius 2 is 1.80 bits per heavy atom. The Hall–Kier alpha value is -1.97. The highest BCUT2D eigenvalue weighted by atomic mass is 16.5. The van der Waals surface area contributed by atoms with Crippen LogP contribution in [0.1, 0.15) is 38.4 Å². The number of ether oxygens (including phenoxy) is 1. The van der Waals surface area contributed by atoms with Gasteiger partial charge in [-0.3, -0.25) is 23.7 Å². The quantitative estimate of drug-likeness (QED) is 0.681. The first-order valence-corrected chi connectivity index (χ1v) is 11.2. The van der Waals surface area contributed by atoms with E-state index in [4.69, 9.17) is 9.72 Å². The van der Waals surface area contributed by atoms with Crippen molar-refractivity contribution in [2.24, 2.45) is 14.1 Å². The maximum atomic E-state index is 13.0. The highest BCUT2D eigenvalue weighted by Gasteiger charge is 2.25. The number of morpholine rings is 1. The summed E-state index contributed by atoms with van der Waals surface area (Å²) in [5, 5.41) is 0. The zero-order valence-electron chi connectivity index (χ0n) is 18.5. The highest BCUT2D eigenvalue weighted by molar-refractivity contribution is 5.71. The van der Waals surface area contributed by atoms with E-state index in [1.807, 2.05) is 0 Å². The molecule has 9 heteroatoms. The summed E-state index contributed by atoms with van der Waals surface area (Å²) in [4.78, 5) is 35.2. The predicted octanol–water partition coefficient (Wildman–Crippen LogP) is 0.530. The molecular formula is C21H34N6O3. The molecule has 0 amide bonds. The van der Waals surface area contributed by atoms with Crippen molar-refractivity contribution in [1.82, 2.24) is 28.5 Å². The third-order valence-electron chi connectivity index (χ3n) is 6.74. The topological polar surface area (TPSA) is 77.5 Å². The Balaban J connectivity index is 1.73. The number of fused-ring (bicyclic) bond motifs is 1. The highest BCUT2D eigenvalue weighted by Crippen LogP contribution is 2.23. The van der Waals surface area contributed by atoms with Crippen LogP contribution in [0.4, 0.5) is 0 Å². The van der Waals surface area contributed by atoms with E-state index < -0.39 is 0 Å². The number of rotatable bonds is 6. The number of aromatic nitrogens is 4. The molecule has 0 saturated carbocycles. The van der Waals surface area contributed by atoms with Gasteiger partial charge in [-0.2, -0.15) is 0 Å². The number of imidazole rings is 1. The molecule has 9 nitrogen and oxygen atoms in total. The van der Waals surface area contributed by atoms with Gasteiger partial charge in [0.25, 0.3) is 5.56 Å². The van der Waals surface area contributed by atoms with E-state index >= 15 is 0 Å². The van der Waals surface area contributed by atoms with Gasteiger partial charge in [-0.1, -0.05) is 13.3 Å². The molecule has 30 heavy (non-hydrogen) atoms. The fourth-order valence-corrected chi connectivity index (χ4v) is 4.83. The number of piperidine rings is 1. The third-order valence-corrected chi connectivity index (χ3v) is 6.74. The van der Waals surface area contributed by atoms with Crippen molar-refractivity contribution in [3.8, 4) is 0 Å². The molecule has 2 fully saturated rings. The van der Waals surface area contributed by atoms with Crippen LogP contribution in [0.3, 0.4) is 0 Å². The molecule has 0 aliphatic carbocycles. The zero-order chi connectivity index (χ0) is 21.3. The number of nitrogens with zero attached hydrogens (tertiary/aromatic N) is 6. The van der Waals surface area contributed by atoms with Crippen LogP contribution >= 0.6 is 0 Å². The van der Waals surface area contributed by atoms with Gasteiger partial charge in [-0.15, -0.1) is 0 Å². The van der Waals surface area contributed by atoms with Crippen LogP contribution < -0.4 is 11.2 Å². The fraction of sp³-hybridized carbons (Fsp3) is 0.762. The fourth-order valence-electron chi connectivity index (χ4n) is 4.83. The Labute approximate surface area is 176 Å². The molecule has 1 atom stereocenters. The van der Waals surface area contributed by atoms with Gasteiger partial charge in [0.2, 0.25) is 0 Å². The summed E-state index contributed by atoms with van der Waals surface area (Å²) >= 11 is 0. The molecule has 4 rings (SSSR count). The molecule has 2 aliphatic heterocycles. The number of hydrogen-bond donors (Lipinski definition) is 0. The van der Waals surface area contributed by atoms with E-state index in [0.717, 1.165) is 51.6 Å². The summed E-state index contributed by atoms with van der Waals surface area (Å²) in [6.07, 6.45) is 4.81. The number of likely N-dealkylation sites (tertiary alicyclic amines) is 1. The van der Waals surface area contributed by atoms with E-state index in [1.165, 1.54) is 28.4 Å². The number of hydrogen-bond acceptors (Lipinski definition) is 6. The summed E-state index contributed by atoms with van der Waals surface area (Å²) in [5.41, 5.74) is 0.429. The van der Waals surface area contributed by atoms with Crippen molar-refractivity contribution < 1.29 is 4.74 Å². The molecule has 2 saturated heterocycles. The van der Waals surface area contributed by atoms with Crippen molar-refractivity contribution in [2.45, 2.75) is 51.7 Å². The second-order valence-electron chi connectivity index (χ2n) is 8.54. The second kappa shape index (κ2) is 9.03. The Morgan fingerprint density at radius 3 is 2.53 bits per heavy atom. The molecule has 0 bridgehead atoms. The van der Waals surface area contributed by atoms with Gasteiger partial charge in [-0.25, -0.2) is 9.78 Å². The average Bonchev–Trinajstić information content (AvgIpc) is 3.14. The summed E-state index contributed by atoms with van der Waals surface area (Å²) in [7, 11) is 3.24. The maximum Gasteiger partial charge on any atom is 0.332 e. The molecule has 0 unspecified atom stereocenters. The van der Waals surface area contributed by atoms with Crippen LogP contribution in [0.25, 0.3) is 11.2 Å². The van der Waals surface area contributed by atoms with Gasteiger partial charge in [0.1, 0.15) is 5.82 Å². The van der Waals surface area contributed by atoms with Gasteiger partial charge in [0.05, 0.1) is 19.8 Å². The SMILES string of the molecule is CC[C@@H]1CCCCN1Cc1nc2c(c(=O)n(C)c(=O)n2C)n1CCN1CCOCC1. The minimum Gasteiger partial charge on any atom is -0.379 e. The van der Waals surface area contributed by atoms with E-state index in [9.17, 15) is 9.59 Å². The van der Waals surface area contributed by atoms with E-state index in [0.29, 0.717) is 30.3 Å². The molecule has 2 aromatic rings. The van der Waals surface area contributed by atoms with Crippen LogP contribution in [0.5, 0.6) is 0 Å². The van der Waals surface area contributed by atoms with E-state index in [1.54, 1.807) is 14.1 Å². The van der Waals surface area contributed by atoms with Crippen LogP contribution in [-0.2, 0) is 31.9 Å². The Kier molecular flexibility index (Phi) is 6.40. The lowest BCUT2D eigenvalue weighted by molar-refractivity contribution is 0.0362. The van der Waals surface area contributed by atoms with Gasteiger partial charge < -0.3 is 9.30 Å². The summed E-state index contributed by atoms with van der Waals surface area (Å²) in [5.74, 6) is 0.886. The van der Waals surface area contributed by atoms with Crippen LogP contribution in [-0.4, -0.2) is 73.9 Å². The van der Waals surface area contributed by atoms with Crippen molar-refractivity contribution in [1.29, 1.82) is 0 Å². The smallest absolute Gasteiger partial charge is 0.332 e. The molecule has 2 aromatic heterocycles. The minimum absolute atomic E-state index is 0.264. The molecule has 4 heterocycles. The van der Waals surface area contributed by atoms with Gasteiger partial charge in [-0.05, 0) is 25.8 Å². The monoisotopic (exact) mass is 418 g/mol. The van der Waals surface area contributed by atoms with Crippen molar-refractivity contribution >= 4 is 11.2 Å². The molecule has 0 radical (unpaired) electrons. The molecule has 0 spiro atoms. The number of aryl methyl sites for hydroxylation is 1.